The van der Waals surface area contributed by atoms with Gasteiger partial charge in [0.05, 0.1) is 13.2 Å². The Balaban J connectivity index is 3.01. The van der Waals surface area contributed by atoms with Crippen molar-refractivity contribution in [2.24, 2.45) is 0 Å². The Hall–Kier alpha value is 0.0600. The van der Waals surface area contributed by atoms with Crippen LogP contribution in [-0.2, 0) is 4.74 Å². The van der Waals surface area contributed by atoms with Crippen molar-refractivity contribution in [1.29, 1.82) is 0 Å². The van der Waals surface area contributed by atoms with Crippen LogP contribution < -0.4 is 0 Å². The Labute approximate surface area is 73.1 Å². The summed E-state index contributed by atoms with van der Waals surface area (Å²) >= 11 is -0.0509. The fraction of sp³-hybridized carbons (Fsp3) is 1.00. The van der Waals surface area contributed by atoms with E-state index >= 15 is 0 Å². The van der Waals surface area contributed by atoms with Gasteiger partial charge in [0.2, 0.25) is 0 Å². The molecule has 0 saturated carbocycles. The van der Waals surface area contributed by atoms with E-state index in [2.05, 4.69) is 0 Å². The molecule has 0 aliphatic rings. The Morgan fingerprint density at radius 2 is 1.92 bits per heavy atom. The minimum Gasteiger partial charge on any atom is -0.394 e. The Morgan fingerprint density at radius 1 is 1.25 bits per heavy atom. The van der Waals surface area contributed by atoms with Crippen LogP contribution >= 0.6 is 11.8 Å². The fourth-order valence-electron chi connectivity index (χ4n) is 0.515. The summed E-state index contributed by atoms with van der Waals surface area (Å²) in [5.41, 5.74) is -4.14. The normalized spacial score (nSPS) is 12.0. The van der Waals surface area contributed by atoms with Gasteiger partial charge in [-0.2, -0.15) is 13.2 Å². The van der Waals surface area contributed by atoms with Crippen LogP contribution in [0.2, 0.25) is 0 Å². The number of alkyl halides is 3. The van der Waals surface area contributed by atoms with Gasteiger partial charge in [-0.1, -0.05) is 11.8 Å². The van der Waals surface area contributed by atoms with Crippen molar-refractivity contribution < 1.29 is 23.0 Å². The predicted molar refractivity (Wildman–Crippen MR) is 41.0 cm³/mol. The molecule has 0 atom stereocenters. The van der Waals surface area contributed by atoms with Crippen molar-refractivity contribution in [3.8, 4) is 0 Å². The molecule has 0 saturated heterocycles. The largest absolute Gasteiger partial charge is 0.441 e. The number of aliphatic hydroxyl groups is 1. The lowest BCUT2D eigenvalue weighted by Crippen LogP contribution is -2.05. The predicted octanol–water partition coefficient (Wildman–Crippen LogP) is 1.64. The number of aliphatic hydroxyl groups excluding tert-OH is 1. The van der Waals surface area contributed by atoms with Gasteiger partial charge < -0.3 is 9.84 Å². The summed E-state index contributed by atoms with van der Waals surface area (Å²) in [6, 6.07) is 0. The van der Waals surface area contributed by atoms with Crippen LogP contribution in [0.25, 0.3) is 0 Å². The number of ether oxygens (including phenoxy) is 1. The molecule has 0 fully saturated rings. The number of rotatable bonds is 6. The molecule has 0 amide bonds. The highest BCUT2D eigenvalue weighted by Gasteiger charge is 2.27. The second-order valence-corrected chi connectivity index (χ2v) is 3.14. The van der Waals surface area contributed by atoms with E-state index < -0.39 is 5.51 Å². The minimum atomic E-state index is -4.14. The molecule has 0 spiro atoms. The van der Waals surface area contributed by atoms with E-state index in [-0.39, 0.29) is 37.3 Å². The zero-order valence-electron chi connectivity index (χ0n) is 6.43. The molecule has 0 aromatic carbocycles. The SMILES string of the molecule is OCCOCCCSC(F)(F)F. The van der Waals surface area contributed by atoms with E-state index in [9.17, 15) is 13.2 Å². The molecule has 1 N–H and O–H groups in total. The molecule has 0 aromatic rings. The fourth-order valence-corrected chi connectivity index (χ4v) is 1.01. The van der Waals surface area contributed by atoms with Crippen molar-refractivity contribution in [2.75, 3.05) is 25.6 Å². The van der Waals surface area contributed by atoms with Gasteiger partial charge in [-0.3, -0.25) is 0 Å². The van der Waals surface area contributed by atoms with Crippen molar-refractivity contribution in [3.05, 3.63) is 0 Å². The van der Waals surface area contributed by atoms with E-state index in [0.29, 0.717) is 6.42 Å². The zero-order valence-corrected chi connectivity index (χ0v) is 7.25. The molecule has 0 rings (SSSR count). The smallest absolute Gasteiger partial charge is 0.394 e. The van der Waals surface area contributed by atoms with Gasteiger partial charge in [0.25, 0.3) is 0 Å². The molecule has 0 aliphatic carbocycles. The lowest BCUT2D eigenvalue weighted by atomic mass is 10.5. The number of thioether (sulfide) groups is 1. The van der Waals surface area contributed by atoms with E-state index in [0.717, 1.165) is 0 Å². The van der Waals surface area contributed by atoms with Crippen LogP contribution in [0, 0.1) is 0 Å². The molecule has 0 aliphatic heterocycles. The maximum Gasteiger partial charge on any atom is 0.441 e. The van der Waals surface area contributed by atoms with Gasteiger partial charge in [0, 0.05) is 12.4 Å². The van der Waals surface area contributed by atoms with Gasteiger partial charge in [-0.25, -0.2) is 0 Å². The Morgan fingerprint density at radius 3 is 2.42 bits per heavy atom. The van der Waals surface area contributed by atoms with E-state index in [4.69, 9.17) is 9.84 Å². The average molecular weight is 204 g/mol. The maximum atomic E-state index is 11.5. The summed E-state index contributed by atoms with van der Waals surface area (Å²) in [6.45, 7) is 0.368. The van der Waals surface area contributed by atoms with Crippen molar-refractivity contribution >= 4 is 11.8 Å². The van der Waals surface area contributed by atoms with Gasteiger partial charge in [-0.15, -0.1) is 0 Å². The summed E-state index contributed by atoms with van der Waals surface area (Å²) in [5.74, 6) is 0.00886. The lowest BCUT2D eigenvalue weighted by molar-refractivity contribution is -0.0328. The molecule has 0 aromatic heterocycles. The van der Waals surface area contributed by atoms with Crippen LogP contribution in [0.5, 0.6) is 0 Å². The molecule has 0 radical (unpaired) electrons. The molecule has 2 nitrogen and oxygen atoms in total. The van der Waals surface area contributed by atoms with Gasteiger partial charge in [0.15, 0.2) is 0 Å². The first-order valence-electron chi connectivity index (χ1n) is 3.45. The third-order valence-electron chi connectivity index (χ3n) is 0.934. The first-order chi connectivity index (χ1) is 5.56. The average Bonchev–Trinajstić information content (AvgIpc) is 1.94. The number of hydrogen-bond donors (Lipinski definition) is 1. The topological polar surface area (TPSA) is 29.5 Å². The van der Waals surface area contributed by atoms with Gasteiger partial charge in [-0.05, 0) is 6.42 Å². The summed E-state index contributed by atoms with van der Waals surface area (Å²) in [7, 11) is 0. The van der Waals surface area contributed by atoms with E-state index in [1.807, 2.05) is 0 Å². The summed E-state index contributed by atoms with van der Waals surface area (Å²) in [5, 5.41) is 8.24. The molecular weight excluding hydrogens is 193 g/mol. The first-order valence-corrected chi connectivity index (χ1v) is 4.44. The zero-order chi connectivity index (χ0) is 9.45. The second-order valence-electron chi connectivity index (χ2n) is 1.98. The van der Waals surface area contributed by atoms with Crippen LogP contribution in [0.3, 0.4) is 0 Å². The van der Waals surface area contributed by atoms with Crippen molar-refractivity contribution in [3.63, 3.8) is 0 Å². The first kappa shape index (κ1) is 12.1. The number of hydrogen-bond acceptors (Lipinski definition) is 3. The summed E-state index contributed by atoms with van der Waals surface area (Å²) < 4.78 is 39.3. The minimum absolute atomic E-state index is 0.00886. The summed E-state index contributed by atoms with van der Waals surface area (Å²) in [4.78, 5) is 0. The molecule has 12 heavy (non-hydrogen) atoms. The molecule has 0 heterocycles. The van der Waals surface area contributed by atoms with Crippen molar-refractivity contribution in [1.82, 2.24) is 0 Å². The van der Waals surface area contributed by atoms with E-state index in [1.54, 1.807) is 0 Å². The van der Waals surface area contributed by atoms with Crippen molar-refractivity contribution in [2.45, 2.75) is 11.9 Å². The van der Waals surface area contributed by atoms with Gasteiger partial charge >= 0.3 is 5.51 Å². The third-order valence-corrected chi connectivity index (χ3v) is 1.75. The third kappa shape index (κ3) is 10.1. The van der Waals surface area contributed by atoms with Crippen LogP contribution in [0.4, 0.5) is 13.2 Å². The molecule has 0 unspecified atom stereocenters. The monoisotopic (exact) mass is 204 g/mol. The molecule has 0 bridgehead atoms. The Bertz CT molecular complexity index is 107. The van der Waals surface area contributed by atoms with Crippen LogP contribution in [0.1, 0.15) is 6.42 Å². The Kier molecular flexibility index (Phi) is 6.60. The molecule has 74 valence electrons. The highest BCUT2D eigenvalue weighted by molar-refractivity contribution is 8.00. The highest BCUT2D eigenvalue weighted by atomic mass is 32.2. The summed E-state index contributed by atoms with van der Waals surface area (Å²) in [6.07, 6.45) is 0.351. The molecule has 6 heteroatoms. The maximum absolute atomic E-state index is 11.5. The lowest BCUT2D eigenvalue weighted by Gasteiger charge is -2.04. The number of halogens is 3. The second kappa shape index (κ2) is 6.56. The standard InChI is InChI=1S/C6H11F3O2S/c7-6(8,9)12-5-1-3-11-4-2-10/h10H,1-5H2. The van der Waals surface area contributed by atoms with E-state index in [1.165, 1.54) is 0 Å². The van der Waals surface area contributed by atoms with Gasteiger partial charge in [0.1, 0.15) is 0 Å². The highest BCUT2D eigenvalue weighted by Crippen LogP contribution is 2.30. The molecular formula is C6H11F3O2S. The van der Waals surface area contributed by atoms with Crippen LogP contribution in [-0.4, -0.2) is 36.2 Å². The quantitative estimate of drug-likeness (QED) is 0.667. The van der Waals surface area contributed by atoms with Crippen LogP contribution in [0.15, 0.2) is 0 Å².